The van der Waals surface area contributed by atoms with E-state index in [9.17, 15) is 4.79 Å². The van der Waals surface area contributed by atoms with E-state index in [1.807, 2.05) is 11.3 Å². The van der Waals surface area contributed by atoms with Gasteiger partial charge in [-0.15, -0.1) is 11.3 Å². The van der Waals surface area contributed by atoms with Crippen LogP contribution in [0.25, 0.3) is 0 Å². The fourth-order valence-electron chi connectivity index (χ4n) is 5.33. The molecule has 1 aromatic carbocycles. The lowest BCUT2D eigenvalue weighted by Gasteiger charge is -2.36. The summed E-state index contributed by atoms with van der Waals surface area (Å²) in [5.74, 6) is 0.313. The largest absolute Gasteiger partial charge is 0.353 e. The predicted octanol–water partition coefficient (Wildman–Crippen LogP) is 4.30. The van der Waals surface area contributed by atoms with Gasteiger partial charge in [0.05, 0.1) is 5.41 Å². The molecule has 2 aromatic rings. The average molecular weight is 381 g/mol. The molecule has 3 aliphatic rings. The molecule has 2 bridgehead atoms. The predicted molar refractivity (Wildman–Crippen MR) is 110 cm³/mol. The number of rotatable bonds is 6. The summed E-state index contributed by atoms with van der Waals surface area (Å²) in [5.41, 5.74) is 1.03. The molecule has 2 saturated heterocycles. The number of amides is 1. The van der Waals surface area contributed by atoms with Crippen molar-refractivity contribution in [2.24, 2.45) is 5.41 Å². The molecule has 3 fully saturated rings. The van der Waals surface area contributed by atoms with E-state index < -0.39 is 0 Å². The smallest absolute Gasteiger partial charge is 0.228 e. The van der Waals surface area contributed by atoms with Crippen molar-refractivity contribution in [3.63, 3.8) is 0 Å². The average Bonchev–Trinajstić information content (AvgIpc) is 3.16. The van der Waals surface area contributed by atoms with Crippen molar-refractivity contribution in [1.29, 1.82) is 0 Å². The van der Waals surface area contributed by atoms with Crippen LogP contribution in [-0.2, 0) is 17.8 Å². The van der Waals surface area contributed by atoms with Gasteiger partial charge < -0.3 is 5.32 Å². The minimum absolute atomic E-state index is 0.265. The summed E-state index contributed by atoms with van der Waals surface area (Å²) in [7, 11) is 0. The quantitative estimate of drug-likeness (QED) is 0.810. The fraction of sp³-hybridized carbons (Fsp3) is 0.522. The Morgan fingerprint density at radius 1 is 1.15 bits per heavy atom. The Balaban J connectivity index is 1.44. The summed E-state index contributed by atoms with van der Waals surface area (Å²) in [4.78, 5) is 18.9. The van der Waals surface area contributed by atoms with Gasteiger partial charge in [0, 0.05) is 34.4 Å². The van der Waals surface area contributed by atoms with E-state index in [0.29, 0.717) is 24.0 Å². The molecule has 0 radical (unpaired) electrons. The highest BCUT2D eigenvalue weighted by Gasteiger charge is 2.59. The highest BCUT2D eigenvalue weighted by molar-refractivity contribution is 7.11. The Bertz CT molecular complexity index is 828. The molecule has 0 unspecified atom stereocenters. The van der Waals surface area contributed by atoms with Crippen molar-refractivity contribution < 1.29 is 4.79 Å². The Morgan fingerprint density at radius 2 is 1.96 bits per heavy atom. The molecule has 3 heterocycles. The third-order valence-electron chi connectivity index (χ3n) is 6.74. The SMILES string of the molecule is Cc1ccc(CN2[C@H]3CC[C@@H]2[C@](Cc2ccccc2)(C(=O)NC2CC2)C3)s1. The zero-order valence-corrected chi connectivity index (χ0v) is 16.8. The van der Waals surface area contributed by atoms with Gasteiger partial charge in [-0.3, -0.25) is 9.69 Å². The number of nitrogens with zero attached hydrogens (tertiary/aromatic N) is 1. The number of nitrogens with one attached hydrogen (secondary N) is 1. The molecule has 3 atom stereocenters. The van der Waals surface area contributed by atoms with Gasteiger partial charge in [0.1, 0.15) is 0 Å². The van der Waals surface area contributed by atoms with E-state index in [1.165, 1.54) is 21.7 Å². The topological polar surface area (TPSA) is 32.3 Å². The molecule has 1 amide bonds. The van der Waals surface area contributed by atoms with Crippen molar-refractivity contribution in [1.82, 2.24) is 10.2 Å². The van der Waals surface area contributed by atoms with E-state index in [0.717, 1.165) is 38.6 Å². The first-order valence-corrected chi connectivity index (χ1v) is 11.1. The minimum atomic E-state index is -0.265. The van der Waals surface area contributed by atoms with Crippen LogP contribution < -0.4 is 5.32 Å². The number of carbonyl (C=O) groups is 1. The first-order valence-electron chi connectivity index (χ1n) is 10.3. The molecule has 142 valence electrons. The van der Waals surface area contributed by atoms with Crippen LogP contribution in [0.1, 0.15) is 47.4 Å². The lowest BCUT2D eigenvalue weighted by Crippen LogP contribution is -2.51. The zero-order chi connectivity index (χ0) is 18.4. The van der Waals surface area contributed by atoms with Crippen LogP contribution in [-0.4, -0.2) is 28.9 Å². The summed E-state index contributed by atoms with van der Waals surface area (Å²) >= 11 is 1.90. The molecule has 27 heavy (non-hydrogen) atoms. The van der Waals surface area contributed by atoms with E-state index in [1.54, 1.807) is 0 Å². The van der Waals surface area contributed by atoms with Gasteiger partial charge in [0.25, 0.3) is 0 Å². The zero-order valence-electron chi connectivity index (χ0n) is 16.0. The summed E-state index contributed by atoms with van der Waals surface area (Å²) in [5, 5.41) is 3.37. The van der Waals surface area contributed by atoms with E-state index >= 15 is 0 Å². The molecule has 4 heteroatoms. The van der Waals surface area contributed by atoms with Crippen molar-refractivity contribution in [3.05, 3.63) is 57.8 Å². The number of benzene rings is 1. The number of carbonyl (C=O) groups excluding carboxylic acids is 1. The molecule has 2 aliphatic heterocycles. The molecule has 1 saturated carbocycles. The van der Waals surface area contributed by atoms with E-state index in [4.69, 9.17) is 0 Å². The second-order valence-electron chi connectivity index (χ2n) is 8.70. The summed E-state index contributed by atoms with van der Waals surface area (Å²) in [6, 6.07) is 16.5. The first-order chi connectivity index (χ1) is 13.1. The third kappa shape index (κ3) is 3.23. The molecular weight excluding hydrogens is 352 g/mol. The number of hydrogen-bond donors (Lipinski definition) is 1. The van der Waals surface area contributed by atoms with Crippen molar-refractivity contribution >= 4 is 17.2 Å². The molecule has 1 aromatic heterocycles. The van der Waals surface area contributed by atoms with Crippen molar-refractivity contribution in [3.8, 4) is 0 Å². The van der Waals surface area contributed by atoms with Crippen molar-refractivity contribution in [2.45, 2.75) is 70.1 Å². The van der Waals surface area contributed by atoms with Crippen molar-refractivity contribution in [2.75, 3.05) is 0 Å². The Hall–Kier alpha value is -1.65. The van der Waals surface area contributed by atoms with E-state index in [-0.39, 0.29) is 5.41 Å². The van der Waals surface area contributed by atoms with Gasteiger partial charge in [0.15, 0.2) is 0 Å². The summed E-state index contributed by atoms with van der Waals surface area (Å²) in [6.45, 7) is 3.18. The number of aryl methyl sites for hydroxylation is 1. The van der Waals surface area contributed by atoms with Crippen LogP contribution in [0, 0.1) is 12.3 Å². The van der Waals surface area contributed by atoms with Gasteiger partial charge in [-0.25, -0.2) is 0 Å². The van der Waals surface area contributed by atoms with Gasteiger partial charge in [-0.05, 0) is 63.1 Å². The molecule has 0 spiro atoms. The lowest BCUT2D eigenvalue weighted by atomic mass is 9.69. The van der Waals surface area contributed by atoms with Gasteiger partial charge >= 0.3 is 0 Å². The standard InChI is InChI=1S/C23H28N2OS/c1-16-7-11-20(27-16)15-25-19-10-12-21(25)23(14-19,22(26)24-18-8-9-18)13-17-5-3-2-4-6-17/h2-7,11,18-19,21H,8-10,12-15H2,1H3,(H,24,26)/t19-,21+,23+/m0/s1. The Morgan fingerprint density at radius 3 is 2.67 bits per heavy atom. The maximum Gasteiger partial charge on any atom is 0.228 e. The van der Waals surface area contributed by atoms with Crippen LogP contribution >= 0.6 is 11.3 Å². The third-order valence-corrected chi connectivity index (χ3v) is 7.73. The van der Waals surface area contributed by atoms with Crippen LogP contribution in [0.2, 0.25) is 0 Å². The van der Waals surface area contributed by atoms with Crippen LogP contribution in [0.5, 0.6) is 0 Å². The number of thiophene rings is 1. The Labute approximate surface area is 165 Å². The molecule has 1 aliphatic carbocycles. The molecular formula is C23H28N2OS. The normalized spacial score (nSPS) is 30.0. The second-order valence-corrected chi connectivity index (χ2v) is 10.1. The number of fused-ring (bicyclic) bond motifs is 2. The molecule has 1 N–H and O–H groups in total. The lowest BCUT2D eigenvalue weighted by molar-refractivity contribution is -0.133. The maximum atomic E-state index is 13.5. The number of hydrogen-bond acceptors (Lipinski definition) is 3. The van der Waals surface area contributed by atoms with Gasteiger partial charge in [-0.2, -0.15) is 0 Å². The van der Waals surface area contributed by atoms with Crippen LogP contribution in [0.15, 0.2) is 42.5 Å². The monoisotopic (exact) mass is 380 g/mol. The van der Waals surface area contributed by atoms with Gasteiger partial charge in [0.2, 0.25) is 5.91 Å². The van der Waals surface area contributed by atoms with E-state index in [2.05, 4.69) is 59.6 Å². The van der Waals surface area contributed by atoms with Crippen LogP contribution in [0.4, 0.5) is 0 Å². The fourth-order valence-corrected chi connectivity index (χ4v) is 6.23. The highest BCUT2D eigenvalue weighted by atomic mass is 32.1. The first kappa shape index (κ1) is 17.4. The summed E-state index contributed by atoms with van der Waals surface area (Å²) in [6.07, 6.45) is 6.57. The summed E-state index contributed by atoms with van der Waals surface area (Å²) < 4.78 is 0. The van der Waals surface area contributed by atoms with Crippen LogP contribution in [0.3, 0.4) is 0 Å². The van der Waals surface area contributed by atoms with Gasteiger partial charge in [-0.1, -0.05) is 30.3 Å². The maximum absolute atomic E-state index is 13.5. The molecule has 5 rings (SSSR count). The highest BCUT2D eigenvalue weighted by Crippen LogP contribution is 2.52. The Kier molecular flexibility index (Phi) is 4.36. The second kappa shape index (κ2) is 6.75. The minimum Gasteiger partial charge on any atom is -0.353 e. The molecule has 3 nitrogen and oxygen atoms in total.